The van der Waals surface area contributed by atoms with Gasteiger partial charge in [0, 0.05) is 19.3 Å². The summed E-state index contributed by atoms with van der Waals surface area (Å²) in [5.41, 5.74) is 0.515. The second-order valence-electron chi connectivity index (χ2n) is 3.59. The molecule has 0 bridgehead atoms. The zero-order chi connectivity index (χ0) is 11.4. The first kappa shape index (κ1) is 11.2. The smallest absolute Gasteiger partial charge is 0.258 e. The number of nitrogens with zero attached hydrogens (tertiary/aromatic N) is 4. The zero-order valence-corrected chi connectivity index (χ0v) is 9.14. The molecular weight excluding hydrogens is 192 g/mol. The molecule has 0 saturated heterocycles. The van der Waals surface area contributed by atoms with Gasteiger partial charge in [0.2, 0.25) is 0 Å². The van der Waals surface area contributed by atoms with Crippen LogP contribution in [-0.4, -0.2) is 33.2 Å². The largest absolute Gasteiger partial charge is 0.323 e. The molecule has 1 aromatic rings. The van der Waals surface area contributed by atoms with E-state index in [0.29, 0.717) is 5.56 Å². The lowest BCUT2D eigenvalue weighted by atomic mass is 10.2. The van der Waals surface area contributed by atoms with E-state index in [2.05, 4.69) is 5.10 Å². The minimum Gasteiger partial charge on any atom is -0.323 e. The van der Waals surface area contributed by atoms with Crippen molar-refractivity contribution in [2.45, 2.75) is 19.9 Å². The Morgan fingerprint density at radius 2 is 2.40 bits per heavy atom. The summed E-state index contributed by atoms with van der Waals surface area (Å²) in [6.07, 6.45) is 3.16. The molecule has 0 spiro atoms. The van der Waals surface area contributed by atoms with Gasteiger partial charge in [0.25, 0.3) is 5.91 Å². The van der Waals surface area contributed by atoms with Crippen molar-refractivity contribution in [1.29, 1.82) is 5.26 Å². The molecule has 1 rings (SSSR count). The average molecular weight is 206 g/mol. The van der Waals surface area contributed by atoms with Crippen LogP contribution in [0.2, 0.25) is 0 Å². The average Bonchev–Trinajstić information content (AvgIpc) is 2.59. The normalized spacial score (nSPS) is 10.1. The highest BCUT2D eigenvalue weighted by atomic mass is 16.2. The number of carbonyl (C=O) groups excluding carboxylic acids is 1. The standard InChI is InChI=1S/C10H14N4O/c1-8(2)14(5-4-11)10(15)9-6-12-13(3)7-9/h6-8H,5H2,1-3H3. The molecule has 0 N–H and O–H groups in total. The van der Waals surface area contributed by atoms with Crippen LogP contribution in [0.25, 0.3) is 0 Å². The molecule has 80 valence electrons. The lowest BCUT2D eigenvalue weighted by Crippen LogP contribution is -2.37. The molecule has 5 nitrogen and oxygen atoms in total. The van der Waals surface area contributed by atoms with E-state index in [1.54, 1.807) is 17.9 Å². The van der Waals surface area contributed by atoms with E-state index in [4.69, 9.17) is 5.26 Å². The van der Waals surface area contributed by atoms with Gasteiger partial charge in [-0.15, -0.1) is 0 Å². The van der Waals surface area contributed by atoms with Gasteiger partial charge in [0.15, 0.2) is 0 Å². The van der Waals surface area contributed by atoms with Gasteiger partial charge in [-0.1, -0.05) is 0 Å². The summed E-state index contributed by atoms with van der Waals surface area (Å²) in [6.45, 7) is 3.86. The first-order valence-electron chi connectivity index (χ1n) is 4.72. The van der Waals surface area contributed by atoms with E-state index < -0.39 is 0 Å². The molecule has 0 aliphatic heterocycles. The van der Waals surface area contributed by atoms with Crippen molar-refractivity contribution in [3.63, 3.8) is 0 Å². The summed E-state index contributed by atoms with van der Waals surface area (Å²) in [4.78, 5) is 13.4. The Bertz CT molecular complexity index is 388. The number of nitriles is 1. The van der Waals surface area contributed by atoms with Crippen molar-refractivity contribution in [3.8, 4) is 6.07 Å². The number of aryl methyl sites for hydroxylation is 1. The summed E-state index contributed by atoms with van der Waals surface area (Å²) >= 11 is 0. The summed E-state index contributed by atoms with van der Waals surface area (Å²) in [7, 11) is 1.75. The summed E-state index contributed by atoms with van der Waals surface area (Å²) < 4.78 is 1.57. The number of hydrogen-bond donors (Lipinski definition) is 0. The Balaban J connectivity index is 2.86. The van der Waals surface area contributed by atoms with E-state index in [1.807, 2.05) is 19.9 Å². The fourth-order valence-electron chi connectivity index (χ4n) is 1.26. The molecule has 0 fully saturated rings. The van der Waals surface area contributed by atoms with E-state index >= 15 is 0 Å². The molecule has 0 aliphatic carbocycles. The second-order valence-corrected chi connectivity index (χ2v) is 3.59. The third-order valence-corrected chi connectivity index (χ3v) is 2.08. The maximum Gasteiger partial charge on any atom is 0.258 e. The van der Waals surface area contributed by atoms with Crippen LogP contribution in [0.15, 0.2) is 12.4 Å². The molecule has 0 radical (unpaired) electrons. The Morgan fingerprint density at radius 3 is 2.80 bits per heavy atom. The fourth-order valence-corrected chi connectivity index (χ4v) is 1.26. The molecule has 0 aromatic carbocycles. The Hall–Kier alpha value is -1.83. The molecule has 15 heavy (non-hydrogen) atoms. The van der Waals surface area contributed by atoms with E-state index in [0.717, 1.165) is 0 Å². The van der Waals surface area contributed by atoms with E-state index in [9.17, 15) is 4.79 Å². The van der Waals surface area contributed by atoms with E-state index in [1.165, 1.54) is 11.1 Å². The van der Waals surface area contributed by atoms with Crippen LogP contribution in [0.3, 0.4) is 0 Å². The minimum absolute atomic E-state index is 0.0114. The van der Waals surface area contributed by atoms with Crippen LogP contribution in [0.1, 0.15) is 24.2 Å². The summed E-state index contributed by atoms with van der Waals surface area (Å²) in [6, 6.07) is 2.00. The van der Waals surface area contributed by atoms with Crippen LogP contribution in [-0.2, 0) is 7.05 Å². The van der Waals surface area contributed by atoms with Gasteiger partial charge < -0.3 is 4.90 Å². The molecule has 1 amide bonds. The predicted molar refractivity (Wildman–Crippen MR) is 55.0 cm³/mol. The number of aromatic nitrogens is 2. The third kappa shape index (κ3) is 2.56. The van der Waals surface area contributed by atoms with Crippen molar-refractivity contribution in [2.24, 2.45) is 7.05 Å². The van der Waals surface area contributed by atoms with Gasteiger partial charge in [-0.3, -0.25) is 9.48 Å². The van der Waals surface area contributed by atoms with Crippen molar-refractivity contribution in [2.75, 3.05) is 6.54 Å². The highest BCUT2D eigenvalue weighted by molar-refractivity contribution is 5.94. The maximum absolute atomic E-state index is 11.9. The van der Waals surface area contributed by atoms with Gasteiger partial charge in [-0.05, 0) is 13.8 Å². The Kier molecular flexibility index (Phi) is 3.45. The molecule has 0 aliphatic rings. The van der Waals surface area contributed by atoms with Gasteiger partial charge in [-0.25, -0.2) is 0 Å². The van der Waals surface area contributed by atoms with Gasteiger partial charge in [0.1, 0.15) is 6.54 Å². The van der Waals surface area contributed by atoms with Crippen molar-refractivity contribution >= 4 is 5.91 Å². The zero-order valence-electron chi connectivity index (χ0n) is 9.14. The van der Waals surface area contributed by atoms with Crippen LogP contribution in [0.5, 0.6) is 0 Å². The predicted octanol–water partition coefficient (Wildman–Crippen LogP) is 0.794. The number of carbonyl (C=O) groups is 1. The number of amides is 1. The first-order chi connectivity index (χ1) is 7.06. The quantitative estimate of drug-likeness (QED) is 0.687. The van der Waals surface area contributed by atoms with Crippen molar-refractivity contribution < 1.29 is 4.79 Å². The van der Waals surface area contributed by atoms with Gasteiger partial charge in [-0.2, -0.15) is 10.4 Å². The molecule has 5 heteroatoms. The van der Waals surface area contributed by atoms with Crippen molar-refractivity contribution in [1.82, 2.24) is 14.7 Å². The molecule has 1 heterocycles. The number of rotatable bonds is 3. The van der Waals surface area contributed by atoms with Crippen LogP contribution in [0, 0.1) is 11.3 Å². The number of hydrogen-bond acceptors (Lipinski definition) is 3. The fraction of sp³-hybridized carbons (Fsp3) is 0.500. The van der Waals surface area contributed by atoms with Gasteiger partial charge in [0.05, 0.1) is 17.8 Å². The summed E-state index contributed by atoms with van der Waals surface area (Å²) in [5.74, 6) is -0.153. The molecule has 0 unspecified atom stereocenters. The van der Waals surface area contributed by atoms with Crippen molar-refractivity contribution in [3.05, 3.63) is 18.0 Å². The molecule has 1 aromatic heterocycles. The van der Waals surface area contributed by atoms with E-state index in [-0.39, 0.29) is 18.5 Å². The first-order valence-corrected chi connectivity index (χ1v) is 4.72. The van der Waals surface area contributed by atoms with Crippen LogP contribution >= 0.6 is 0 Å². The maximum atomic E-state index is 11.9. The lowest BCUT2D eigenvalue weighted by Gasteiger charge is -2.22. The molecule has 0 saturated carbocycles. The second kappa shape index (κ2) is 4.60. The SMILES string of the molecule is CC(C)N(CC#N)C(=O)c1cnn(C)c1. The third-order valence-electron chi connectivity index (χ3n) is 2.08. The Labute approximate surface area is 88.9 Å². The highest BCUT2D eigenvalue weighted by Gasteiger charge is 2.19. The van der Waals surface area contributed by atoms with Crippen LogP contribution in [0.4, 0.5) is 0 Å². The molecule has 0 atom stereocenters. The topological polar surface area (TPSA) is 61.9 Å². The minimum atomic E-state index is -0.153. The van der Waals surface area contributed by atoms with Crippen LogP contribution < -0.4 is 0 Å². The molecular formula is C10H14N4O. The highest BCUT2D eigenvalue weighted by Crippen LogP contribution is 2.06. The van der Waals surface area contributed by atoms with Gasteiger partial charge >= 0.3 is 0 Å². The Morgan fingerprint density at radius 1 is 1.73 bits per heavy atom. The monoisotopic (exact) mass is 206 g/mol. The lowest BCUT2D eigenvalue weighted by molar-refractivity contribution is 0.0731. The summed E-state index contributed by atoms with van der Waals surface area (Å²) in [5, 5.41) is 12.5.